The van der Waals surface area contributed by atoms with E-state index in [1.54, 1.807) is 0 Å². The Morgan fingerprint density at radius 2 is 0.571 bits per heavy atom. The number of allylic oxidation sites excluding steroid dienone is 12. The highest BCUT2D eigenvalue weighted by molar-refractivity contribution is 7.47. The van der Waals surface area contributed by atoms with Crippen LogP contribution in [0.3, 0.4) is 0 Å². The van der Waals surface area contributed by atoms with Crippen LogP contribution in [-0.4, -0.2) is 49.3 Å². The number of hydrogen-bond acceptors (Lipinski definition) is 8. The predicted molar refractivity (Wildman–Crippen MR) is 395 cm³/mol. The van der Waals surface area contributed by atoms with Crippen molar-refractivity contribution in [1.29, 1.82) is 0 Å². The van der Waals surface area contributed by atoms with Gasteiger partial charge in [-0.2, -0.15) is 0 Å². The van der Waals surface area contributed by atoms with Crippen molar-refractivity contribution in [3.8, 4) is 0 Å². The maximum absolute atomic E-state index is 12.8. The summed E-state index contributed by atoms with van der Waals surface area (Å²) in [6.45, 7) is 3.78. The van der Waals surface area contributed by atoms with Crippen molar-refractivity contribution in [3.63, 3.8) is 0 Å². The fraction of sp³-hybridized carbons (Fsp3) is 0.827. The summed E-state index contributed by atoms with van der Waals surface area (Å²) in [5.41, 5.74) is 5.41. The fourth-order valence-electron chi connectivity index (χ4n) is 11.7. The van der Waals surface area contributed by atoms with Crippen molar-refractivity contribution in [2.75, 3.05) is 26.4 Å². The zero-order valence-electron chi connectivity index (χ0n) is 60.1. The highest BCUT2D eigenvalue weighted by Gasteiger charge is 2.26. The highest BCUT2D eigenvalue weighted by Crippen LogP contribution is 2.43. The Hall–Kier alpha value is -2.55. The number of hydrogen-bond donors (Lipinski definition) is 2. The summed E-state index contributed by atoms with van der Waals surface area (Å²) in [5, 5.41) is 0. The number of ether oxygens (including phenoxy) is 2. The number of rotatable bonds is 75. The van der Waals surface area contributed by atoms with E-state index in [9.17, 15) is 19.0 Å². The molecule has 0 radical (unpaired) electrons. The second-order valence-corrected chi connectivity index (χ2v) is 28.0. The molecule has 2 unspecified atom stereocenters. The van der Waals surface area contributed by atoms with E-state index in [0.717, 1.165) is 57.8 Å². The predicted octanol–water partition coefficient (Wildman–Crippen LogP) is 26.3. The van der Waals surface area contributed by atoms with Crippen LogP contribution in [-0.2, 0) is 32.7 Å². The lowest BCUT2D eigenvalue weighted by Crippen LogP contribution is -2.29. The minimum Gasteiger partial charge on any atom is -0.462 e. The number of phosphoric acid groups is 1. The normalized spacial score (nSPS) is 13.2. The molecule has 0 aromatic rings. The van der Waals surface area contributed by atoms with Crippen molar-refractivity contribution >= 4 is 19.8 Å². The quantitative estimate of drug-likeness (QED) is 0.0264. The lowest BCUT2D eigenvalue weighted by molar-refractivity contribution is -0.161. The zero-order valence-corrected chi connectivity index (χ0v) is 61.0. The molecule has 0 rings (SSSR count). The van der Waals surface area contributed by atoms with Crippen molar-refractivity contribution in [3.05, 3.63) is 72.9 Å². The van der Waals surface area contributed by atoms with Gasteiger partial charge in [-0.1, -0.05) is 369 Å². The Morgan fingerprint density at radius 3 is 0.846 bits per heavy atom. The molecule has 0 spiro atoms. The van der Waals surface area contributed by atoms with Gasteiger partial charge in [0.15, 0.2) is 6.10 Å². The smallest absolute Gasteiger partial charge is 0.462 e. The molecule has 9 nitrogen and oxygen atoms in total. The Morgan fingerprint density at radius 1 is 0.330 bits per heavy atom. The van der Waals surface area contributed by atoms with Crippen molar-refractivity contribution in [2.24, 2.45) is 5.73 Å². The molecule has 0 heterocycles. The second-order valence-electron chi connectivity index (χ2n) is 26.6. The number of carbonyl (C=O) groups excluding carboxylic acids is 2. The molecule has 0 saturated carbocycles. The van der Waals surface area contributed by atoms with Gasteiger partial charge in [0.2, 0.25) is 0 Å². The third-order valence-electron chi connectivity index (χ3n) is 17.6. The molecule has 0 fully saturated rings. The van der Waals surface area contributed by atoms with Gasteiger partial charge in [-0.15, -0.1) is 0 Å². The van der Waals surface area contributed by atoms with Crippen LogP contribution in [0.2, 0.25) is 0 Å². The number of esters is 2. The maximum atomic E-state index is 12.8. The fourth-order valence-corrected chi connectivity index (χ4v) is 12.5. The number of phosphoric ester groups is 1. The number of unbranched alkanes of at least 4 members (excludes halogenated alkanes) is 50. The van der Waals surface area contributed by atoms with Gasteiger partial charge >= 0.3 is 19.8 Å². The summed E-state index contributed by atoms with van der Waals surface area (Å²) in [6.07, 6.45) is 102. The molecular weight excluding hydrogens is 1150 g/mol. The van der Waals surface area contributed by atoms with Crippen LogP contribution in [0.1, 0.15) is 399 Å². The van der Waals surface area contributed by atoms with Gasteiger partial charge in [0, 0.05) is 19.4 Å². The monoisotopic (exact) mass is 1300 g/mol. The van der Waals surface area contributed by atoms with Gasteiger partial charge in [0.05, 0.1) is 13.2 Å². The average Bonchev–Trinajstić information content (AvgIpc) is 3.71. The Bertz CT molecular complexity index is 1720. The van der Waals surface area contributed by atoms with Gasteiger partial charge in [-0.05, 0) is 89.9 Å². The standard InChI is InChI=1S/C81H150NO8P/c1-3-5-7-9-11-13-15-17-19-21-23-25-27-29-31-33-35-36-37-38-39-40-41-42-44-46-48-50-52-54-56-58-60-62-64-66-68-70-72-74-81(84)90-79(78-89-91(85,86)88-76-75-82)77-87-80(83)73-71-69-67-65-63-61-59-57-55-53-51-49-47-45-43-34-32-30-28-26-24-22-20-18-16-14-12-10-8-6-4-2/h15-18,21-24,27-30,79H,3-14,19-20,25-26,31-78,82H2,1-2H3,(H,85,86)/b17-15-,18-16-,23-21-,24-22-,29-27-,30-28-. The van der Waals surface area contributed by atoms with Crippen molar-refractivity contribution < 1.29 is 37.6 Å². The molecule has 3 N–H and O–H groups in total. The Labute approximate surface area is 564 Å². The van der Waals surface area contributed by atoms with E-state index < -0.39 is 26.5 Å². The topological polar surface area (TPSA) is 134 Å². The largest absolute Gasteiger partial charge is 0.472 e. The molecule has 91 heavy (non-hydrogen) atoms. The lowest BCUT2D eigenvalue weighted by atomic mass is 10.0. The maximum Gasteiger partial charge on any atom is 0.472 e. The molecule has 0 aliphatic carbocycles. The number of nitrogens with two attached hydrogens (primary N) is 1. The van der Waals surface area contributed by atoms with E-state index in [-0.39, 0.29) is 38.6 Å². The van der Waals surface area contributed by atoms with E-state index in [1.165, 1.54) is 308 Å². The van der Waals surface area contributed by atoms with E-state index in [1.807, 2.05) is 0 Å². The lowest BCUT2D eigenvalue weighted by Gasteiger charge is -2.19. The van der Waals surface area contributed by atoms with Crippen LogP contribution in [0, 0.1) is 0 Å². The summed E-state index contributed by atoms with van der Waals surface area (Å²) < 4.78 is 33.3. The average molecular weight is 1300 g/mol. The molecule has 2 atom stereocenters. The van der Waals surface area contributed by atoms with Gasteiger partial charge in [-0.25, -0.2) is 4.57 Å². The van der Waals surface area contributed by atoms with Crippen LogP contribution in [0.25, 0.3) is 0 Å². The highest BCUT2D eigenvalue weighted by atomic mass is 31.2. The molecule has 0 aromatic carbocycles. The first-order valence-electron chi connectivity index (χ1n) is 39.4. The minimum atomic E-state index is -4.40. The molecule has 0 aliphatic heterocycles. The summed E-state index contributed by atoms with van der Waals surface area (Å²) in [7, 11) is -4.40. The number of carbonyl (C=O) groups is 2. The molecular formula is C81H150NO8P. The summed E-state index contributed by atoms with van der Waals surface area (Å²) in [6, 6.07) is 0. The Kier molecular flexibility index (Phi) is 74.3. The molecule has 532 valence electrons. The van der Waals surface area contributed by atoms with Crippen LogP contribution in [0.15, 0.2) is 72.9 Å². The van der Waals surface area contributed by atoms with Crippen LogP contribution < -0.4 is 5.73 Å². The van der Waals surface area contributed by atoms with Gasteiger partial charge in [0.25, 0.3) is 0 Å². The Balaban J connectivity index is 3.78. The zero-order chi connectivity index (χ0) is 65.8. The van der Waals surface area contributed by atoms with Crippen LogP contribution >= 0.6 is 7.82 Å². The summed E-state index contributed by atoms with van der Waals surface area (Å²) in [4.78, 5) is 35.4. The van der Waals surface area contributed by atoms with Crippen LogP contribution in [0.5, 0.6) is 0 Å². The van der Waals surface area contributed by atoms with E-state index >= 15 is 0 Å². The SMILES string of the molecule is CCCCCCC/C=C\C/C=C\C/C=C\CCCCCCCCCCCCCCCCCCCCCCCCCCC(=O)OC(COC(=O)CCCCCCCCCCCCCCCCCC/C=C\C/C=C\C/C=C\CCCCCCC)COP(=O)(O)OCCN. The molecule has 10 heteroatoms. The first kappa shape index (κ1) is 88.5. The van der Waals surface area contributed by atoms with Crippen LogP contribution in [0.4, 0.5) is 0 Å². The minimum absolute atomic E-state index is 0.0542. The third-order valence-corrected chi connectivity index (χ3v) is 18.5. The third kappa shape index (κ3) is 76.4. The van der Waals surface area contributed by atoms with Crippen molar-refractivity contribution in [1.82, 2.24) is 0 Å². The molecule has 0 saturated heterocycles. The van der Waals surface area contributed by atoms with Crippen molar-refractivity contribution in [2.45, 2.75) is 405 Å². The van der Waals surface area contributed by atoms with Gasteiger partial charge in [0.1, 0.15) is 6.61 Å². The summed E-state index contributed by atoms with van der Waals surface area (Å²) in [5.74, 6) is -0.808. The van der Waals surface area contributed by atoms with Gasteiger partial charge < -0.3 is 20.1 Å². The van der Waals surface area contributed by atoms with E-state index in [2.05, 4.69) is 86.8 Å². The molecule has 0 bridgehead atoms. The van der Waals surface area contributed by atoms with E-state index in [0.29, 0.717) is 6.42 Å². The summed E-state index contributed by atoms with van der Waals surface area (Å²) >= 11 is 0. The van der Waals surface area contributed by atoms with E-state index in [4.69, 9.17) is 24.3 Å². The first-order valence-corrected chi connectivity index (χ1v) is 40.9. The first-order chi connectivity index (χ1) is 44.8. The van der Waals surface area contributed by atoms with Gasteiger partial charge in [-0.3, -0.25) is 18.6 Å². The molecule has 0 amide bonds. The second kappa shape index (κ2) is 76.5. The molecule has 0 aliphatic rings. The molecule has 0 aromatic heterocycles.